The number of methoxy groups -OCH3 is 2. The lowest BCUT2D eigenvalue weighted by Gasteiger charge is -2.31. The minimum absolute atomic E-state index is 0.321. The van der Waals surface area contributed by atoms with Gasteiger partial charge in [0.05, 0.1) is 25.7 Å². The Bertz CT molecular complexity index is 968. The van der Waals surface area contributed by atoms with Gasteiger partial charge in [0.1, 0.15) is 5.75 Å². The van der Waals surface area contributed by atoms with Gasteiger partial charge in [-0.2, -0.15) is 0 Å². The second-order valence-corrected chi connectivity index (χ2v) is 7.55. The maximum absolute atomic E-state index is 11.6. The summed E-state index contributed by atoms with van der Waals surface area (Å²) < 4.78 is 16.6. The van der Waals surface area contributed by atoms with Crippen LogP contribution in [0.5, 0.6) is 17.2 Å². The van der Waals surface area contributed by atoms with Crippen molar-refractivity contribution in [1.82, 2.24) is 5.32 Å². The number of ether oxygens (including phenoxy) is 3. The highest BCUT2D eigenvalue weighted by Gasteiger charge is 2.29. The van der Waals surface area contributed by atoms with Crippen LogP contribution < -0.4 is 19.5 Å². The topological polar surface area (TPSA) is 73.9 Å². The number of imide groups is 1. The van der Waals surface area contributed by atoms with Crippen molar-refractivity contribution in [2.24, 2.45) is 0 Å². The van der Waals surface area contributed by atoms with Crippen LogP contribution >= 0.6 is 11.8 Å². The molecule has 1 unspecified atom stereocenters. The quantitative estimate of drug-likeness (QED) is 0.749. The van der Waals surface area contributed by atoms with Gasteiger partial charge in [0.2, 0.25) is 0 Å². The van der Waals surface area contributed by atoms with Gasteiger partial charge in [0, 0.05) is 5.92 Å². The summed E-state index contributed by atoms with van der Waals surface area (Å²) in [6.45, 7) is 0.579. The van der Waals surface area contributed by atoms with E-state index in [2.05, 4.69) is 5.32 Å². The summed E-state index contributed by atoms with van der Waals surface area (Å²) in [5, 5.41) is 1.90. The third-order valence-electron chi connectivity index (χ3n) is 4.82. The van der Waals surface area contributed by atoms with Crippen molar-refractivity contribution in [3.63, 3.8) is 0 Å². The van der Waals surface area contributed by atoms with Crippen LogP contribution in [0.15, 0.2) is 41.3 Å². The average molecular weight is 397 g/mol. The van der Waals surface area contributed by atoms with Crippen molar-refractivity contribution >= 4 is 29.0 Å². The summed E-state index contributed by atoms with van der Waals surface area (Å²) in [6.07, 6.45) is 2.64. The van der Waals surface area contributed by atoms with Crippen molar-refractivity contribution in [3.8, 4) is 17.2 Å². The number of carbonyl (C=O) groups is 2. The summed E-state index contributed by atoms with van der Waals surface area (Å²) in [5.74, 6) is 2.21. The summed E-state index contributed by atoms with van der Waals surface area (Å²) >= 11 is 0.908. The number of benzene rings is 2. The van der Waals surface area contributed by atoms with Crippen molar-refractivity contribution in [2.45, 2.75) is 12.3 Å². The first-order valence-corrected chi connectivity index (χ1v) is 9.61. The molecular weight excluding hydrogens is 378 g/mol. The number of hydrogen-bond donors (Lipinski definition) is 1. The number of hydrogen-bond acceptors (Lipinski definition) is 6. The van der Waals surface area contributed by atoms with E-state index in [1.807, 2.05) is 36.4 Å². The van der Waals surface area contributed by atoms with Gasteiger partial charge in [0.15, 0.2) is 11.5 Å². The molecular formula is C21H19NO5S. The van der Waals surface area contributed by atoms with E-state index in [0.717, 1.165) is 41.0 Å². The molecule has 6 nitrogen and oxygen atoms in total. The molecule has 1 N–H and O–H groups in total. The maximum atomic E-state index is 11.6. The fourth-order valence-corrected chi connectivity index (χ4v) is 4.00. The fourth-order valence-electron chi connectivity index (χ4n) is 3.32. The van der Waals surface area contributed by atoms with Gasteiger partial charge in [-0.1, -0.05) is 12.1 Å². The molecule has 144 valence electrons. The van der Waals surface area contributed by atoms with E-state index in [9.17, 15) is 9.59 Å². The zero-order chi connectivity index (χ0) is 19.7. The Labute approximate surface area is 166 Å². The third kappa shape index (κ3) is 3.57. The van der Waals surface area contributed by atoms with E-state index in [1.165, 1.54) is 11.1 Å². The van der Waals surface area contributed by atoms with E-state index >= 15 is 0 Å². The summed E-state index contributed by atoms with van der Waals surface area (Å²) in [6, 6.07) is 11.5. The molecule has 1 fully saturated rings. The lowest BCUT2D eigenvalue weighted by atomic mass is 9.78. The van der Waals surface area contributed by atoms with Crippen LogP contribution in [-0.2, 0) is 11.2 Å². The van der Waals surface area contributed by atoms with Crippen LogP contribution in [0.25, 0.3) is 6.08 Å². The van der Waals surface area contributed by atoms with Gasteiger partial charge in [-0.3, -0.25) is 14.9 Å². The van der Waals surface area contributed by atoms with Gasteiger partial charge >= 0.3 is 0 Å². The van der Waals surface area contributed by atoms with Gasteiger partial charge < -0.3 is 14.2 Å². The minimum Gasteiger partial charge on any atom is -0.493 e. The molecule has 1 atom stereocenters. The van der Waals surface area contributed by atoms with E-state index in [1.54, 1.807) is 20.3 Å². The normalized spacial score (nSPS) is 19.1. The smallest absolute Gasteiger partial charge is 0.290 e. The number of nitrogens with one attached hydrogen (secondary N) is 1. The van der Waals surface area contributed by atoms with E-state index < -0.39 is 0 Å². The average Bonchev–Trinajstić information content (AvgIpc) is 3.00. The Balaban J connectivity index is 1.38. The van der Waals surface area contributed by atoms with E-state index in [0.29, 0.717) is 17.4 Å². The molecule has 2 aliphatic rings. The summed E-state index contributed by atoms with van der Waals surface area (Å²) in [5.41, 5.74) is 3.33. The molecule has 1 aliphatic heterocycles. The SMILES string of the molecule is COc1cc2c(cc1OC)C(COc1ccc(C=C3SC(=O)NC3=O)cc1)C2. The van der Waals surface area contributed by atoms with Crippen LogP contribution in [0.3, 0.4) is 0 Å². The van der Waals surface area contributed by atoms with Gasteiger partial charge in [-0.05, 0) is 65.2 Å². The lowest BCUT2D eigenvalue weighted by molar-refractivity contribution is -0.115. The van der Waals surface area contributed by atoms with Gasteiger partial charge in [0.25, 0.3) is 11.1 Å². The van der Waals surface area contributed by atoms with Crippen molar-refractivity contribution < 1.29 is 23.8 Å². The van der Waals surface area contributed by atoms with Crippen LogP contribution in [0.1, 0.15) is 22.6 Å². The number of carbonyl (C=O) groups excluding carboxylic acids is 2. The van der Waals surface area contributed by atoms with Gasteiger partial charge in [-0.25, -0.2) is 0 Å². The van der Waals surface area contributed by atoms with E-state index in [-0.39, 0.29) is 11.1 Å². The minimum atomic E-state index is -0.356. The largest absolute Gasteiger partial charge is 0.493 e. The number of thioether (sulfide) groups is 1. The van der Waals surface area contributed by atoms with Crippen molar-refractivity contribution in [1.29, 1.82) is 0 Å². The molecule has 1 aliphatic carbocycles. The Morgan fingerprint density at radius 3 is 2.46 bits per heavy atom. The first kappa shape index (κ1) is 18.4. The number of amides is 2. The maximum Gasteiger partial charge on any atom is 0.290 e. The Morgan fingerprint density at radius 1 is 1.11 bits per heavy atom. The lowest BCUT2D eigenvalue weighted by Crippen LogP contribution is -2.23. The molecule has 0 saturated carbocycles. The number of rotatable bonds is 6. The number of fused-ring (bicyclic) bond motifs is 1. The Morgan fingerprint density at radius 2 is 1.82 bits per heavy atom. The van der Waals surface area contributed by atoms with Crippen LogP contribution in [0.2, 0.25) is 0 Å². The highest BCUT2D eigenvalue weighted by atomic mass is 32.2. The van der Waals surface area contributed by atoms with Crippen LogP contribution in [-0.4, -0.2) is 32.0 Å². The molecule has 2 aromatic rings. The third-order valence-corrected chi connectivity index (χ3v) is 5.63. The monoisotopic (exact) mass is 397 g/mol. The second-order valence-electron chi connectivity index (χ2n) is 6.54. The summed E-state index contributed by atoms with van der Waals surface area (Å²) in [7, 11) is 3.27. The van der Waals surface area contributed by atoms with Crippen molar-refractivity contribution in [3.05, 3.63) is 58.0 Å². The molecule has 0 radical (unpaired) electrons. The zero-order valence-electron chi connectivity index (χ0n) is 15.5. The summed E-state index contributed by atoms with van der Waals surface area (Å²) in [4.78, 5) is 23.2. The Kier molecular flexibility index (Phi) is 5.00. The van der Waals surface area contributed by atoms with E-state index in [4.69, 9.17) is 14.2 Å². The first-order chi connectivity index (χ1) is 13.6. The molecule has 2 amide bonds. The molecule has 28 heavy (non-hydrogen) atoms. The molecule has 1 saturated heterocycles. The Hall–Kier alpha value is -2.93. The zero-order valence-corrected chi connectivity index (χ0v) is 16.3. The highest BCUT2D eigenvalue weighted by Crippen LogP contribution is 2.42. The van der Waals surface area contributed by atoms with Crippen LogP contribution in [0.4, 0.5) is 4.79 Å². The molecule has 2 aromatic carbocycles. The van der Waals surface area contributed by atoms with Crippen LogP contribution in [0, 0.1) is 0 Å². The molecule has 0 aromatic heterocycles. The molecule has 4 rings (SSSR count). The second kappa shape index (κ2) is 7.59. The fraction of sp³-hybridized carbons (Fsp3) is 0.238. The highest BCUT2D eigenvalue weighted by molar-refractivity contribution is 8.18. The predicted molar refractivity (Wildman–Crippen MR) is 107 cm³/mol. The molecule has 1 heterocycles. The van der Waals surface area contributed by atoms with Gasteiger partial charge in [-0.15, -0.1) is 0 Å². The first-order valence-electron chi connectivity index (χ1n) is 8.80. The predicted octanol–water partition coefficient (Wildman–Crippen LogP) is 3.75. The molecule has 0 spiro atoms. The molecule has 0 bridgehead atoms. The standard InChI is InChI=1S/C21H19NO5S/c1-25-17-9-13-8-14(16(13)10-18(17)26-2)11-27-15-5-3-12(4-6-15)7-19-20(23)22-21(24)28-19/h3-7,9-10,14H,8,11H2,1-2H3,(H,22,23,24). The molecule has 7 heteroatoms. The van der Waals surface area contributed by atoms with Crippen molar-refractivity contribution in [2.75, 3.05) is 20.8 Å².